The number of halogens is 1. The van der Waals surface area contributed by atoms with Gasteiger partial charge in [0.2, 0.25) is 0 Å². The molecule has 3 aromatic rings. The molecule has 5 nitrogen and oxygen atoms in total. The number of aromatic nitrogens is 3. The highest BCUT2D eigenvalue weighted by atomic mass is 35.5. The molecule has 0 saturated heterocycles. The van der Waals surface area contributed by atoms with Crippen molar-refractivity contribution in [1.29, 1.82) is 0 Å². The van der Waals surface area contributed by atoms with E-state index < -0.39 is 0 Å². The van der Waals surface area contributed by atoms with Crippen LogP contribution in [-0.2, 0) is 0 Å². The zero-order chi connectivity index (χ0) is 15.5. The number of para-hydroxylation sites is 1. The van der Waals surface area contributed by atoms with E-state index in [2.05, 4.69) is 15.6 Å². The summed E-state index contributed by atoms with van der Waals surface area (Å²) >= 11 is 5.91. The Morgan fingerprint density at radius 1 is 1.14 bits per heavy atom. The molecule has 0 radical (unpaired) electrons. The van der Waals surface area contributed by atoms with Gasteiger partial charge in [0.25, 0.3) is 5.91 Å². The summed E-state index contributed by atoms with van der Waals surface area (Å²) in [5, 5.41) is 11.3. The summed E-state index contributed by atoms with van der Waals surface area (Å²) in [5.74, 6) is -0.318. The van der Waals surface area contributed by atoms with Gasteiger partial charge >= 0.3 is 0 Å². The maximum Gasteiger partial charge on any atom is 0.278 e. The van der Waals surface area contributed by atoms with Gasteiger partial charge in [-0.25, -0.2) is 4.68 Å². The minimum Gasteiger partial charge on any atom is -0.320 e. The molecule has 0 unspecified atom stereocenters. The number of hydrogen-bond acceptors (Lipinski definition) is 3. The fourth-order valence-corrected chi connectivity index (χ4v) is 2.30. The first kappa shape index (κ1) is 14.3. The highest BCUT2D eigenvalue weighted by Crippen LogP contribution is 2.17. The van der Waals surface area contributed by atoms with Crippen LogP contribution in [0.25, 0.3) is 5.69 Å². The molecule has 1 heterocycles. The lowest BCUT2D eigenvalue weighted by Crippen LogP contribution is -2.14. The molecule has 0 atom stereocenters. The van der Waals surface area contributed by atoms with E-state index in [1.54, 1.807) is 35.9 Å². The van der Waals surface area contributed by atoms with Crippen LogP contribution in [0.3, 0.4) is 0 Å². The summed E-state index contributed by atoms with van der Waals surface area (Å²) in [6.07, 6.45) is 0. The zero-order valence-electron chi connectivity index (χ0n) is 11.8. The van der Waals surface area contributed by atoms with Crippen molar-refractivity contribution in [3.8, 4) is 5.69 Å². The molecule has 0 aliphatic heterocycles. The predicted molar refractivity (Wildman–Crippen MR) is 85.5 cm³/mol. The molecule has 22 heavy (non-hydrogen) atoms. The van der Waals surface area contributed by atoms with Crippen molar-refractivity contribution in [2.75, 3.05) is 5.32 Å². The van der Waals surface area contributed by atoms with Crippen molar-refractivity contribution in [2.45, 2.75) is 6.92 Å². The molecule has 0 spiro atoms. The van der Waals surface area contributed by atoms with Crippen LogP contribution in [0.2, 0.25) is 5.02 Å². The Labute approximate surface area is 132 Å². The molecule has 0 aliphatic carbocycles. The van der Waals surface area contributed by atoms with Crippen molar-refractivity contribution in [3.63, 3.8) is 0 Å². The molecule has 1 aromatic heterocycles. The molecule has 1 amide bonds. The number of amides is 1. The fraction of sp³-hybridized carbons (Fsp3) is 0.0625. The first-order chi connectivity index (χ1) is 10.6. The van der Waals surface area contributed by atoms with Gasteiger partial charge in [-0.3, -0.25) is 4.79 Å². The Morgan fingerprint density at radius 2 is 1.91 bits per heavy atom. The van der Waals surface area contributed by atoms with Crippen LogP contribution in [0, 0.1) is 6.92 Å². The number of rotatable bonds is 3. The average Bonchev–Trinajstić information content (AvgIpc) is 2.90. The number of carbonyl (C=O) groups is 1. The number of hydrogen-bond donors (Lipinski definition) is 1. The first-order valence-electron chi connectivity index (χ1n) is 6.70. The maximum atomic E-state index is 12.3. The molecule has 0 fully saturated rings. The minimum atomic E-state index is -0.318. The second-order valence-electron chi connectivity index (χ2n) is 4.74. The maximum absolute atomic E-state index is 12.3. The summed E-state index contributed by atoms with van der Waals surface area (Å²) in [6.45, 7) is 1.81. The Hall–Kier alpha value is -2.66. The zero-order valence-corrected chi connectivity index (χ0v) is 12.6. The third-order valence-electron chi connectivity index (χ3n) is 3.19. The summed E-state index contributed by atoms with van der Waals surface area (Å²) < 4.78 is 1.63. The van der Waals surface area contributed by atoms with Gasteiger partial charge in [-0.1, -0.05) is 41.1 Å². The van der Waals surface area contributed by atoms with E-state index in [4.69, 9.17) is 11.6 Å². The van der Waals surface area contributed by atoms with E-state index in [-0.39, 0.29) is 11.6 Å². The molecular formula is C16H13ClN4O. The second kappa shape index (κ2) is 5.99. The van der Waals surface area contributed by atoms with E-state index in [0.717, 1.165) is 5.69 Å². The normalized spacial score (nSPS) is 10.5. The SMILES string of the molecule is Cc1c(C(=O)Nc2cccc(Cl)c2)nnn1-c1ccccc1. The summed E-state index contributed by atoms with van der Waals surface area (Å²) in [6, 6.07) is 16.5. The van der Waals surface area contributed by atoms with Gasteiger partial charge in [-0.15, -0.1) is 5.10 Å². The van der Waals surface area contributed by atoms with Gasteiger partial charge in [0, 0.05) is 10.7 Å². The van der Waals surface area contributed by atoms with Gasteiger partial charge in [0.15, 0.2) is 5.69 Å². The summed E-state index contributed by atoms with van der Waals surface area (Å²) in [7, 11) is 0. The van der Waals surface area contributed by atoms with E-state index in [9.17, 15) is 4.79 Å². The van der Waals surface area contributed by atoms with E-state index in [1.165, 1.54) is 0 Å². The van der Waals surface area contributed by atoms with E-state index >= 15 is 0 Å². The Bertz CT molecular complexity index is 814. The van der Waals surface area contributed by atoms with Crippen LogP contribution < -0.4 is 5.32 Å². The number of nitrogens with zero attached hydrogens (tertiary/aromatic N) is 3. The fourth-order valence-electron chi connectivity index (χ4n) is 2.11. The van der Waals surface area contributed by atoms with Gasteiger partial charge in [-0.2, -0.15) is 0 Å². The number of nitrogens with one attached hydrogen (secondary N) is 1. The minimum absolute atomic E-state index is 0.281. The van der Waals surface area contributed by atoms with Gasteiger partial charge in [-0.05, 0) is 37.3 Å². The lowest BCUT2D eigenvalue weighted by molar-refractivity contribution is 0.102. The van der Waals surface area contributed by atoms with Gasteiger partial charge < -0.3 is 5.32 Å². The first-order valence-corrected chi connectivity index (χ1v) is 7.07. The van der Waals surface area contributed by atoms with E-state index in [1.807, 2.05) is 30.3 Å². The topological polar surface area (TPSA) is 59.8 Å². The predicted octanol–water partition coefficient (Wildman–Crippen LogP) is 3.48. The number of benzene rings is 2. The lowest BCUT2D eigenvalue weighted by Gasteiger charge is -2.05. The quantitative estimate of drug-likeness (QED) is 0.805. The smallest absolute Gasteiger partial charge is 0.278 e. The summed E-state index contributed by atoms with van der Waals surface area (Å²) in [5.41, 5.74) is 2.43. The van der Waals surface area contributed by atoms with Crippen LogP contribution in [0.15, 0.2) is 54.6 Å². The molecule has 110 valence electrons. The summed E-state index contributed by atoms with van der Waals surface area (Å²) in [4.78, 5) is 12.3. The monoisotopic (exact) mass is 312 g/mol. The molecule has 0 bridgehead atoms. The largest absolute Gasteiger partial charge is 0.320 e. The third-order valence-corrected chi connectivity index (χ3v) is 3.43. The van der Waals surface area contributed by atoms with Gasteiger partial charge in [0.1, 0.15) is 0 Å². The Morgan fingerprint density at radius 3 is 2.64 bits per heavy atom. The van der Waals surface area contributed by atoms with Crippen LogP contribution >= 0.6 is 11.6 Å². The molecule has 2 aromatic carbocycles. The number of carbonyl (C=O) groups excluding carboxylic acids is 1. The van der Waals surface area contributed by atoms with Crippen LogP contribution in [0.1, 0.15) is 16.2 Å². The van der Waals surface area contributed by atoms with Crippen LogP contribution in [0.4, 0.5) is 5.69 Å². The van der Waals surface area contributed by atoms with Crippen molar-refractivity contribution >= 4 is 23.2 Å². The van der Waals surface area contributed by atoms with Crippen molar-refractivity contribution < 1.29 is 4.79 Å². The van der Waals surface area contributed by atoms with Crippen LogP contribution in [0.5, 0.6) is 0 Å². The molecular weight excluding hydrogens is 300 g/mol. The van der Waals surface area contributed by atoms with E-state index in [0.29, 0.717) is 16.4 Å². The molecule has 0 aliphatic rings. The second-order valence-corrected chi connectivity index (χ2v) is 5.17. The van der Waals surface area contributed by atoms with Crippen molar-refractivity contribution in [1.82, 2.24) is 15.0 Å². The standard InChI is InChI=1S/C16H13ClN4O/c1-11-15(16(22)18-13-7-5-6-12(17)10-13)19-20-21(11)14-8-3-2-4-9-14/h2-10H,1H3,(H,18,22). The average molecular weight is 313 g/mol. The van der Waals surface area contributed by atoms with Crippen LogP contribution in [-0.4, -0.2) is 20.9 Å². The number of anilines is 1. The Balaban J connectivity index is 1.87. The van der Waals surface area contributed by atoms with Crippen molar-refractivity contribution in [2.24, 2.45) is 0 Å². The highest BCUT2D eigenvalue weighted by Gasteiger charge is 2.17. The molecule has 1 N–H and O–H groups in total. The molecule has 6 heteroatoms. The van der Waals surface area contributed by atoms with Gasteiger partial charge in [0.05, 0.1) is 11.4 Å². The lowest BCUT2D eigenvalue weighted by atomic mass is 10.2. The third kappa shape index (κ3) is 2.84. The Kier molecular flexibility index (Phi) is 3.89. The highest BCUT2D eigenvalue weighted by molar-refractivity contribution is 6.30. The molecule has 3 rings (SSSR count). The molecule has 0 saturated carbocycles. The van der Waals surface area contributed by atoms with Crippen molar-refractivity contribution in [3.05, 3.63) is 71.0 Å².